The van der Waals surface area contributed by atoms with Gasteiger partial charge in [0.05, 0.1) is 24.5 Å². The van der Waals surface area contributed by atoms with Gasteiger partial charge in [0.15, 0.2) is 5.76 Å². The average molecular weight is 436 g/mol. The number of fused-ring (bicyclic) bond motifs is 1. The molecule has 1 amide bonds. The lowest BCUT2D eigenvalue weighted by atomic mass is 10.0. The number of piperazine rings is 1. The topological polar surface area (TPSA) is 94.6 Å². The van der Waals surface area contributed by atoms with Crippen LogP contribution in [-0.2, 0) is 22.4 Å². The molecule has 3 aliphatic rings. The third-order valence-electron chi connectivity index (χ3n) is 6.70. The van der Waals surface area contributed by atoms with Crippen molar-refractivity contribution in [2.45, 2.75) is 38.2 Å². The SMILES string of the molecule is N#Cc1c(N2CCN(CC(=O)NC[C@H]3CCCO3)CC2)nc(-c2ccco2)c2c1CCC2. The van der Waals surface area contributed by atoms with E-state index in [0.717, 1.165) is 93.3 Å². The highest BCUT2D eigenvalue weighted by atomic mass is 16.5. The van der Waals surface area contributed by atoms with Crippen molar-refractivity contribution < 1.29 is 13.9 Å². The second-order valence-electron chi connectivity index (χ2n) is 8.76. The van der Waals surface area contributed by atoms with E-state index in [4.69, 9.17) is 14.1 Å². The van der Waals surface area contributed by atoms with Gasteiger partial charge < -0.3 is 19.4 Å². The molecule has 0 aromatic carbocycles. The molecule has 2 aromatic rings. The molecular weight excluding hydrogens is 406 g/mol. The first-order valence-corrected chi connectivity index (χ1v) is 11.6. The maximum absolute atomic E-state index is 12.3. The molecule has 4 heterocycles. The Morgan fingerprint density at radius 2 is 2.06 bits per heavy atom. The number of furan rings is 1. The molecular formula is C24H29N5O3. The monoisotopic (exact) mass is 435 g/mol. The number of carbonyl (C=O) groups excluding carboxylic acids is 1. The van der Waals surface area contributed by atoms with Crippen LogP contribution in [0.3, 0.4) is 0 Å². The Balaban J connectivity index is 1.26. The van der Waals surface area contributed by atoms with E-state index in [9.17, 15) is 10.1 Å². The minimum atomic E-state index is 0.0439. The van der Waals surface area contributed by atoms with E-state index in [1.54, 1.807) is 6.26 Å². The molecule has 2 aromatic heterocycles. The minimum absolute atomic E-state index is 0.0439. The Hall–Kier alpha value is -2.89. The van der Waals surface area contributed by atoms with Gasteiger partial charge in [-0.15, -0.1) is 0 Å². The van der Waals surface area contributed by atoms with E-state index in [1.165, 1.54) is 0 Å². The summed E-state index contributed by atoms with van der Waals surface area (Å²) in [6.07, 6.45) is 6.80. The Morgan fingerprint density at radius 1 is 1.22 bits per heavy atom. The van der Waals surface area contributed by atoms with E-state index < -0.39 is 0 Å². The highest BCUT2D eigenvalue weighted by Gasteiger charge is 2.29. The largest absolute Gasteiger partial charge is 0.463 e. The summed E-state index contributed by atoms with van der Waals surface area (Å²) in [5.41, 5.74) is 3.85. The number of hydrogen-bond donors (Lipinski definition) is 1. The van der Waals surface area contributed by atoms with Gasteiger partial charge in [-0.2, -0.15) is 5.26 Å². The zero-order valence-corrected chi connectivity index (χ0v) is 18.3. The second-order valence-corrected chi connectivity index (χ2v) is 8.76. The molecule has 0 saturated carbocycles. The third kappa shape index (κ3) is 4.23. The van der Waals surface area contributed by atoms with Gasteiger partial charge in [0, 0.05) is 39.3 Å². The number of anilines is 1. The molecule has 2 aliphatic heterocycles. The van der Waals surface area contributed by atoms with E-state index >= 15 is 0 Å². The van der Waals surface area contributed by atoms with Crippen molar-refractivity contribution in [2.75, 3.05) is 50.8 Å². The van der Waals surface area contributed by atoms with Crippen molar-refractivity contribution in [3.05, 3.63) is 35.1 Å². The summed E-state index contributed by atoms with van der Waals surface area (Å²) < 4.78 is 11.2. The normalized spacial score (nSPS) is 20.8. The van der Waals surface area contributed by atoms with E-state index in [0.29, 0.717) is 18.7 Å². The number of hydrogen-bond acceptors (Lipinski definition) is 7. The van der Waals surface area contributed by atoms with E-state index in [-0.39, 0.29) is 12.0 Å². The molecule has 1 N–H and O–H groups in total. The maximum atomic E-state index is 12.3. The van der Waals surface area contributed by atoms with Crippen molar-refractivity contribution in [2.24, 2.45) is 0 Å². The molecule has 5 rings (SSSR count). The van der Waals surface area contributed by atoms with Gasteiger partial charge >= 0.3 is 0 Å². The van der Waals surface area contributed by atoms with Crippen LogP contribution >= 0.6 is 0 Å². The van der Waals surface area contributed by atoms with Crippen molar-refractivity contribution in [3.8, 4) is 17.5 Å². The van der Waals surface area contributed by atoms with Crippen molar-refractivity contribution in [1.29, 1.82) is 5.26 Å². The van der Waals surface area contributed by atoms with Crippen LogP contribution in [0.15, 0.2) is 22.8 Å². The molecule has 0 radical (unpaired) electrons. The van der Waals surface area contributed by atoms with Crippen LogP contribution in [0.5, 0.6) is 0 Å². The quantitative estimate of drug-likeness (QED) is 0.743. The van der Waals surface area contributed by atoms with Gasteiger partial charge in [-0.25, -0.2) is 4.98 Å². The lowest BCUT2D eigenvalue weighted by Crippen LogP contribution is -2.50. The van der Waals surface area contributed by atoms with Crippen LogP contribution in [0.1, 0.15) is 36.0 Å². The summed E-state index contributed by atoms with van der Waals surface area (Å²) in [7, 11) is 0. The highest BCUT2D eigenvalue weighted by Crippen LogP contribution is 2.37. The minimum Gasteiger partial charge on any atom is -0.463 e. The molecule has 32 heavy (non-hydrogen) atoms. The van der Waals surface area contributed by atoms with Crippen molar-refractivity contribution >= 4 is 11.7 Å². The third-order valence-corrected chi connectivity index (χ3v) is 6.70. The second kappa shape index (κ2) is 9.31. The van der Waals surface area contributed by atoms with Crippen LogP contribution in [0, 0.1) is 11.3 Å². The molecule has 2 saturated heterocycles. The number of carbonyl (C=O) groups is 1. The lowest BCUT2D eigenvalue weighted by Gasteiger charge is -2.35. The highest BCUT2D eigenvalue weighted by molar-refractivity contribution is 5.78. The number of pyridine rings is 1. The van der Waals surface area contributed by atoms with Gasteiger partial charge in [-0.3, -0.25) is 9.69 Å². The van der Waals surface area contributed by atoms with E-state index in [1.807, 2.05) is 12.1 Å². The van der Waals surface area contributed by atoms with Crippen molar-refractivity contribution in [1.82, 2.24) is 15.2 Å². The predicted octanol–water partition coefficient (Wildman–Crippen LogP) is 2.12. The molecule has 0 bridgehead atoms. The molecule has 0 spiro atoms. The number of ether oxygens (including phenoxy) is 1. The zero-order chi connectivity index (χ0) is 21.9. The van der Waals surface area contributed by atoms with Crippen LogP contribution in [0.4, 0.5) is 5.82 Å². The maximum Gasteiger partial charge on any atom is 0.234 e. The molecule has 2 fully saturated rings. The number of aromatic nitrogens is 1. The van der Waals surface area contributed by atoms with Crippen LogP contribution in [0.2, 0.25) is 0 Å². The molecule has 8 heteroatoms. The zero-order valence-electron chi connectivity index (χ0n) is 18.3. The van der Waals surface area contributed by atoms with Crippen LogP contribution < -0.4 is 10.2 Å². The van der Waals surface area contributed by atoms with Crippen LogP contribution in [0.25, 0.3) is 11.5 Å². The Bertz CT molecular complexity index is 1000. The van der Waals surface area contributed by atoms with Gasteiger partial charge in [-0.05, 0) is 55.4 Å². The summed E-state index contributed by atoms with van der Waals surface area (Å²) >= 11 is 0. The Kier molecular flexibility index (Phi) is 6.10. The molecule has 1 aliphatic carbocycles. The van der Waals surface area contributed by atoms with Gasteiger partial charge in [-0.1, -0.05) is 0 Å². The number of amides is 1. The molecule has 168 valence electrons. The molecule has 1 atom stereocenters. The van der Waals surface area contributed by atoms with Gasteiger partial charge in [0.25, 0.3) is 0 Å². The summed E-state index contributed by atoms with van der Waals surface area (Å²) in [6.45, 7) is 4.76. The first-order valence-electron chi connectivity index (χ1n) is 11.6. The van der Waals surface area contributed by atoms with Crippen molar-refractivity contribution in [3.63, 3.8) is 0 Å². The fourth-order valence-corrected chi connectivity index (χ4v) is 5.02. The fraction of sp³-hybridized carbons (Fsp3) is 0.542. The smallest absolute Gasteiger partial charge is 0.234 e. The molecule has 0 unspecified atom stereocenters. The Morgan fingerprint density at radius 3 is 2.78 bits per heavy atom. The van der Waals surface area contributed by atoms with Gasteiger partial charge in [0.2, 0.25) is 5.91 Å². The number of rotatable bonds is 6. The van der Waals surface area contributed by atoms with E-state index in [2.05, 4.69) is 21.2 Å². The Labute approximate surface area is 188 Å². The number of nitriles is 1. The fourth-order valence-electron chi connectivity index (χ4n) is 5.02. The lowest BCUT2D eigenvalue weighted by molar-refractivity contribution is -0.122. The summed E-state index contributed by atoms with van der Waals surface area (Å²) in [6, 6.07) is 6.24. The summed E-state index contributed by atoms with van der Waals surface area (Å²) in [5, 5.41) is 12.9. The number of nitrogens with zero attached hydrogens (tertiary/aromatic N) is 4. The molecule has 8 nitrogen and oxygen atoms in total. The first kappa shape index (κ1) is 21.0. The standard InChI is InChI=1S/C24H29N5O3/c25-14-20-18-5-1-6-19(18)23(21-7-3-13-32-21)27-24(20)29-10-8-28(9-11-29)16-22(30)26-15-17-4-2-12-31-17/h3,7,13,17H,1-2,4-6,8-12,15-16H2,(H,26,30)/t17-/m1/s1. The predicted molar refractivity (Wildman–Crippen MR) is 119 cm³/mol. The summed E-state index contributed by atoms with van der Waals surface area (Å²) in [4.78, 5) is 21.6. The van der Waals surface area contributed by atoms with Crippen LogP contribution in [-0.4, -0.2) is 67.8 Å². The van der Waals surface area contributed by atoms with Gasteiger partial charge in [0.1, 0.15) is 17.6 Å². The number of nitrogens with one attached hydrogen (secondary N) is 1. The average Bonchev–Trinajstić information content (AvgIpc) is 3.60. The first-order chi connectivity index (χ1) is 15.7. The summed E-state index contributed by atoms with van der Waals surface area (Å²) in [5.74, 6) is 1.56.